The number of rotatable bonds is 4. The molecule has 2 aromatic heterocycles. The maximum Gasteiger partial charge on any atom is 0.415 e. The van der Waals surface area contributed by atoms with Crippen molar-refractivity contribution in [3.63, 3.8) is 0 Å². The number of amides is 1. The van der Waals surface area contributed by atoms with Crippen molar-refractivity contribution in [2.24, 2.45) is 5.92 Å². The van der Waals surface area contributed by atoms with Gasteiger partial charge < -0.3 is 35.4 Å². The second-order valence-corrected chi connectivity index (χ2v) is 9.24. The summed E-state index contributed by atoms with van der Waals surface area (Å²) in [6, 6.07) is 5.29. The molecule has 2 aliphatic rings. The third kappa shape index (κ3) is 5.25. The maximum atomic E-state index is 13.0. The molecule has 1 amide bonds. The number of hydrogen-bond donors (Lipinski definition) is 4. The lowest BCUT2D eigenvalue weighted by molar-refractivity contribution is -0.0511. The number of nitrogen functional groups attached to an aromatic ring is 1. The number of anilines is 1. The first-order valence-corrected chi connectivity index (χ1v) is 12.2. The van der Waals surface area contributed by atoms with Crippen molar-refractivity contribution in [1.82, 2.24) is 24.4 Å². The summed E-state index contributed by atoms with van der Waals surface area (Å²) >= 11 is 0. The van der Waals surface area contributed by atoms with E-state index in [4.69, 9.17) is 15.2 Å². The molecule has 0 aliphatic carbocycles. The van der Waals surface area contributed by atoms with Gasteiger partial charge in [-0.15, -0.1) is 0 Å². The van der Waals surface area contributed by atoms with Gasteiger partial charge in [-0.2, -0.15) is 0 Å². The first-order valence-electron chi connectivity index (χ1n) is 12.2. The standard InChI is InChI=1S/C25H27FN6O6/c26-15-4-6-16(7-5-15)37-25(36)31-10-8-14(9-11-31)2-1-3-18-29-22(27)19-23(30-18)32(13-28-19)24-21(35)20(34)17(12-33)38-24/h4-7,13-14,17,20-21,24,33-35H,2,8-12H2,(H2,27,29,30)/t17-,20-,21-,24-/m1/s1. The fraction of sp³-hybridized carbons (Fsp3) is 0.440. The predicted molar refractivity (Wildman–Crippen MR) is 131 cm³/mol. The molecule has 0 bridgehead atoms. The highest BCUT2D eigenvalue weighted by Crippen LogP contribution is 2.32. The molecule has 0 spiro atoms. The van der Waals surface area contributed by atoms with Gasteiger partial charge in [0, 0.05) is 19.5 Å². The Bertz CT molecular complexity index is 1360. The summed E-state index contributed by atoms with van der Waals surface area (Å²) in [6.07, 6.45) is -1.56. The lowest BCUT2D eigenvalue weighted by Crippen LogP contribution is -2.40. The molecule has 2 fully saturated rings. The summed E-state index contributed by atoms with van der Waals surface area (Å²) < 4.78 is 25.3. The Kier molecular flexibility index (Phi) is 7.39. The zero-order valence-electron chi connectivity index (χ0n) is 20.3. The molecule has 0 saturated carbocycles. The number of imidazole rings is 1. The van der Waals surface area contributed by atoms with Gasteiger partial charge >= 0.3 is 6.09 Å². The average molecular weight is 527 g/mol. The van der Waals surface area contributed by atoms with Gasteiger partial charge in [-0.25, -0.2) is 24.1 Å². The Morgan fingerprint density at radius 3 is 2.61 bits per heavy atom. The first-order chi connectivity index (χ1) is 18.3. The average Bonchev–Trinajstić information content (AvgIpc) is 3.46. The van der Waals surface area contributed by atoms with Crippen LogP contribution in [0.5, 0.6) is 5.75 Å². The molecule has 4 heterocycles. The van der Waals surface area contributed by atoms with Crippen molar-refractivity contribution in [1.29, 1.82) is 0 Å². The van der Waals surface area contributed by atoms with Crippen LogP contribution in [0.15, 0.2) is 30.6 Å². The summed E-state index contributed by atoms with van der Waals surface area (Å²) in [7, 11) is 0. The minimum atomic E-state index is -1.30. The Balaban J connectivity index is 1.20. The third-order valence-corrected chi connectivity index (χ3v) is 6.72. The summed E-state index contributed by atoms with van der Waals surface area (Å²) in [5, 5.41) is 29.8. The molecular weight excluding hydrogens is 499 g/mol. The Hall–Kier alpha value is -3.83. The van der Waals surface area contributed by atoms with Gasteiger partial charge in [0.25, 0.3) is 0 Å². The number of halogens is 1. The number of aliphatic hydroxyl groups is 3. The highest BCUT2D eigenvalue weighted by Gasteiger charge is 2.44. The lowest BCUT2D eigenvalue weighted by Gasteiger charge is -2.30. The van der Waals surface area contributed by atoms with E-state index in [1.807, 2.05) is 0 Å². The zero-order chi connectivity index (χ0) is 26.8. The second kappa shape index (κ2) is 10.9. The molecule has 5 N–H and O–H groups in total. The Morgan fingerprint density at radius 1 is 1.18 bits per heavy atom. The Morgan fingerprint density at radius 2 is 1.92 bits per heavy atom. The molecule has 3 aromatic rings. The van der Waals surface area contributed by atoms with Crippen LogP contribution in [0.2, 0.25) is 0 Å². The smallest absolute Gasteiger partial charge is 0.410 e. The van der Waals surface area contributed by atoms with E-state index in [0.29, 0.717) is 30.8 Å². The van der Waals surface area contributed by atoms with Gasteiger partial charge in [-0.1, -0.05) is 5.92 Å². The summed E-state index contributed by atoms with van der Waals surface area (Å²) in [5.41, 5.74) is 6.63. The molecule has 5 rings (SSSR count). The molecule has 4 atom stereocenters. The molecule has 0 radical (unpaired) electrons. The number of aliphatic hydroxyl groups excluding tert-OH is 3. The van der Waals surface area contributed by atoms with Crippen LogP contribution in [0.3, 0.4) is 0 Å². The quantitative estimate of drug-likeness (QED) is 0.357. The molecule has 200 valence electrons. The zero-order valence-corrected chi connectivity index (χ0v) is 20.3. The molecule has 1 aromatic carbocycles. The summed E-state index contributed by atoms with van der Waals surface area (Å²) in [5.74, 6) is 6.44. The normalized spacial score (nSPS) is 23.8. The highest BCUT2D eigenvalue weighted by molar-refractivity contribution is 5.82. The van der Waals surface area contributed by atoms with Crippen LogP contribution in [0.25, 0.3) is 11.2 Å². The highest BCUT2D eigenvalue weighted by atomic mass is 19.1. The Labute approximate surface area is 216 Å². The molecule has 13 heteroatoms. The van der Waals surface area contributed by atoms with E-state index in [1.165, 1.54) is 35.2 Å². The summed E-state index contributed by atoms with van der Waals surface area (Å²) in [6.45, 7) is 0.584. The number of fused-ring (bicyclic) bond motifs is 1. The van der Waals surface area contributed by atoms with Gasteiger partial charge in [0.1, 0.15) is 35.4 Å². The number of nitrogens with two attached hydrogens (primary N) is 1. The number of carbonyl (C=O) groups excluding carboxylic acids is 1. The molecule has 2 saturated heterocycles. The van der Waals surface area contributed by atoms with Crippen molar-refractivity contribution < 1.29 is 34.0 Å². The topological polar surface area (TPSA) is 169 Å². The predicted octanol–water partition coefficient (Wildman–Crippen LogP) is 0.812. The molecule has 12 nitrogen and oxygen atoms in total. The van der Waals surface area contributed by atoms with Gasteiger partial charge in [-0.3, -0.25) is 4.57 Å². The number of nitrogens with zero attached hydrogens (tertiary/aromatic N) is 5. The maximum absolute atomic E-state index is 13.0. The van der Waals surface area contributed by atoms with Crippen LogP contribution in [-0.4, -0.2) is 83.8 Å². The van der Waals surface area contributed by atoms with Gasteiger partial charge in [0.2, 0.25) is 5.82 Å². The van der Waals surface area contributed by atoms with E-state index in [9.17, 15) is 24.5 Å². The fourth-order valence-corrected chi connectivity index (χ4v) is 4.55. The van der Waals surface area contributed by atoms with Crippen LogP contribution in [-0.2, 0) is 4.74 Å². The molecule has 2 aliphatic heterocycles. The van der Waals surface area contributed by atoms with Crippen molar-refractivity contribution in [3.8, 4) is 17.6 Å². The van der Waals surface area contributed by atoms with Crippen LogP contribution in [0.1, 0.15) is 31.3 Å². The van der Waals surface area contributed by atoms with E-state index in [0.717, 1.165) is 12.8 Å². The van der Waals surface area contributed by atoms with Crippen molar-refractivity contribution in [2.45, 2.75) is 43.8 Å². The monoisotopic (exact) mass is 526 g/mol. The fourth-order valence-electron chi connectivity index (χ4n) is 4.55. The van der Waals surface area contributed by atoms with Crippen molar-refractivity contribution in [3.05, 3.63) is 42.2 Å². The van der Waals surface area contributed by atoms with E-state index in [2.05, 4.69) is 26.8 Å². The van der Waals surface area contributed by atoms with Gasteiger partial charge in [0.05, 0.1) is 12.9 Å². The first kappa shape index (κ1) is 25.8. The number of benzene rings is 1. The molecular formula is C25H27FN6O6. The number of ether oxygens (including phenoxy) is 2. The van der Waals surface area contributed by atoms with Crippen LogP contribution in [0.4, 0.5) is 15.0 Å². The summed E-state index contributed by atoms with van der Waals surface area (Å²) in [4.78, 5) is 26.8. The van der Waals surface area contributed by atoms with Crippen LogP contribution < -0.4 is 10.5 Å². The lowest BCUT2D eigenvalue weighted by atomic mass is 9.94. The molecule has 38 heavy (non-hydrogen) atoms. The SMILES string of the molecule is Nc1nc(C#CCC2CCN(C(=O)Oc3ccc(F)cc3)CC2)nc2c1ncn2[C@@H]1O[C@H](CO)[C@@H](O)[C@H]1O. The number of hydrogen-bond acceptors (Lipinski definition) is 10. The number of piperidine rings is 1. The second-order valence-electron chi connectivity index (χ2n) is 9.24. The number of likely N-dealkylation sites (tertiary alicyclic amines) is 1. The number of aromatic nitrogens is 4. The number of carbonyl (C=O) groups is 1. The van der Waals surface area contributed by atoms with Crippen molar-refractivity contribution in [2.75, 3.05) is 25.4 Å². The minimum Gasteiger partial charge on any atom is -0.410 e. The third-order valence-electron chi connectivity index (χ3n) is 6.72. The van der Waals surface area contributed by atoms with E-state index >= 15 is 0 Å². The van der Waals surface area contributed by atoms with Crippen LogP contribution in [0, 0.1) is 23.6 Å². The molecule has 0 unspecified atom stereocenters. The van der Waals surface area contributed by atoms with Crippen molar-refractivity contribution >= 4 is 23.1 Å². The van der Waals surface area contributed by atoms with E-state index < -0.39 is 43.1 Å². The van der Waals surface area contributed by atoms with E-state index in [-0.39, 0.29) is 23.2 Å². The van der Waals surface area contributed by atoms with Gasteiger partial charge in [0.15, 0.2) is 17.7 Å². The van der Waals surface area contributed by atoms with Crippen LogP contribution >= 0.6 is 0 Å². The minimum absolute atomic E-state index is 0.109. The largest absolute Gasteiger partial charge is 0.415 e. The van der Waals surface area contributed by atoms with Gasteiger partial charge in [-0.05, 0) is 48.9 Å². The van der Waals surface area contributed by atoms with E-state index in [1.54, 1.807) is 4.90 Å².